The van der Waals surface area contributed by atoms with Crippen LogP contribution in [-0.2, 0) is 0 Å². The molecular formula is C15H12N2O2. The number of fused-ring (bicyclic) bond motifs is 1. The summed E-state index contributed by atoms with van der Waals surface area (Å²) in [6.07, 6.45) is 1.69. The Labute approximate surface area is 110 Å². The van der Waals surface area contributed by atoms with E-state index < -0.39 is 5.97 Å². The summed E-state index contributed by atoms with van der Waals surface area (Å²) in [4.78, 5) is 15.7. The number of aryl methyl sites for hydroxylation is 1. The number of nitrogens with zero attached hydrogens (tertiary/aromatic N) is 2. The highest BCUT2D eigenvalue weighted by molar-refractivity contribution is 5.88. The first-order valence-electron chi connectivity index (χ1n) is 5.94. The summed E-state index contributed by atoms with van der Waals surface area (Å²) in [5, 5.41) is 9.29. The zero-order valence-corrected chi connectivity index (χ0v) is 10.4. The number of aromatic nitrogens is 2. The van der Waals surface area contributed by atoms with Gasteiger partial charge >= 0.3 is 5.97 Å². The smallest absolute Gasteiger partial charge is 0.352 e. The van der Waals surface area contributed by atoms with Gasteiger partial charge in [0.25, 0.3) is 0 Å². The van der Waals surface area contributed by atoms with Crippen LogP contribution >= 0.6 is 0 Å². The molecule has 2 heterocycles. The number of imidazole rings is 1. The van der Waals surface area contributed by atoms with E-state index >= 15 is 0 Å². The highest BCUT2D eigenvalue weighted by atomic mass is 16.4. The lowest BCUT2D eigenvalue weighted by Gasteiger charge is -2.07. The second kappa shape index (κ2) is 4.24. The molecule has 0 fully saturated rings. The third-order valence-electron chi connectivity index (χ3n) is 3.16. The third kappa shape index (κ3) is 1.78. The topological polar surface area (TPSA) is 54.6 Å². The second-order valence-electron chi connectivity index (χ2n) is 4.37. The van der Waals surface area contributed by atoms with Crippen molar-refractivity contribution < 1.29 is 9.90 Å². The van der Waals surface area contributed by atoms with E-state index in [0.29, 0.717) is 5.82 Å². The predicted molar refractivity (Wildman–Crippen MR) is 72.3 cm³/mol. The summed E-state index contributed by atoms with van der Waals surface area (Å²) >= 11 is 0. The standard InChI is InChI=1S/C15H12N2O2/c1-10-5-2-3-7-12(10)14-16-9-11-6-4-8-13(15(18)19)17(11)14/h2-9H,1H3,(H,18,19). The van der Waals surface area contributed by atoms with E-state index in [4.69, 9.17) is 0 Å². The van der Waals surface area contributed by atoms with Gasteiger partial charge in [-0.05, 0) is 24.6 Å². The number of hydrogen-bond donors (Lipinski definition) is 1. The number of aromatic carboxylic acids is 1. The average molecular weight is 252 g/mol. The molecule has 0 unspecified atom stereocenters. The van der Waals surface area contributed by atoms with Crippen LogP contribution in [0.25, 0.3) is 16.9 Å². The maximum atomic E-state index is 11.3. The highest BCUT2D eigenvalue weighted by Gasteiger charge is 2.14. The molecule has 1 aromatic carbocycles. The molecule has 94 valence electrons. The molecule has 3 aromatic rings. The first-order valence-corrected chi connectivity index (χ1v) is 5.94. The Bertz CT molecular complexity index is 775. The Morgan fingerprint density at radius 2 is 1.95 bits per heavy atom. The van der Waals surface area contributed by atoms with Crippen molar-refractivity contribution >= 4 is 11.5 Å². The van der Waals surface area contributed by atoms with Crippen LogP contribution in [0, 0.1) is 6.92 Å². The van der Waals surface area contributed by atoms with Gasteiger partial charge in [0.1, 0.15) is 11.5 Å². The van der Waals surface area contributed by atoms with E-state index in [1.165, 1.54) is 0 Å². The van der Waals surface area contributed by atoms with Gasteiger partial charge in [0, 0.05) is 5.56 Å². The van der Waals surface area contributed by atoms with Crippen molar-refractivity contribution in [1.82, 2.24) is 9.38 Å². The molecule has 0 atom stereocenters. The predicted octanol–water partition coefficient (Wildman–Crippen LogP) is 3.01. The van der Waals surface area contributed by atoms with Gasteiger partial charge in [-0.15, -0.1) is 0 Å². The van der Waals surface area contributed by atoms with Gasteiger partial charge in [0.2, 0.25) is 0 Å². The summed E-state index contributed by atoms with van der Waals surface area (Å²) in [6.45, 7) is 1.99. The Kier molecular flexibility index (Phi) is 2.56. The van der Waals surface area contributed by atoms with E-state index in [1.807, 2.05) is 37.3 Å². The van der Waals surface area contributed by atoms with Crippen molar-refractivity contribution in [3.05, 3.63) is 59.9 Å². The molecule has 0 saturated carbocycles. The lowest BCUT2D eigenvalue weighted by molar-refractivity contribution is 0.0689. The van der Waals surface area contributed by atoms with Gasteiger partial charge < -0.3 is 5.11 Å². The van der Waals surface area contributed by atoms with E-state index in [2.05, 4.69) is 4.98 Å². The quantitative estimate of drug-likeness (QED) is 0.762. The van der Waals surface area contributed by atoms with Crippen molar-refractivity contribution in [2.24, 2.45) is 0 Å². The number of carboxylic acids is 1. The fourth-order valence-electron chi connectivity index (χ4n) is 2.23. The number of benzene rings is 1. The average Bonchev–Trinajstić information content (AvgIpc) is 2.82. The van der Waals surface area contributed by atoms with Gasteiger partial charge in [0.05, 0.1) is 11.7 Å². The molecule has 0 spiro atoms. The van der Waals surface area contributed by atoms with Crippen molar-refractivity contribution in [3.63, 3.8) is 0 Å². The molecule has 3 rings (SSSR count). The van der Waals surface area contributed by atoms with E-state index in [-0.39, 0.29) is 5.69 Å². The van der Waals surface area contributed by atoms with Crippen molar-refractivity contribution in [3.8, 4) is 11.4 Å². The van der Waals surface area contributed by atoms with Crippen molar-refractivity contribution in [1.29, 1.82) is 0 Å². The maximum absolute atomic E-state index is 11.3. The fraction of sp³-hybridized carbons (Fsp3) is 0.0667. The summed E-state index contributed by atoms with van der Waals surface area (Å²) < 4.78 is 1.67. The van der Waals surface area contributed by atoms with Gasteiger partial charge in [0.15, 0.2) is 0 Å². The van der Waals surface area contributed by atoms with Gasteiger partial charge in [-0.3, -0.25) is 4.40 Å². The van der Waals surface area contributed by atoms with Crippen LogP contribution < -0.4 is 0 Å². The molecular weight excluding hydrogens is 240 g/mol. The first-order chi connectivity index (χ1) is 9.18. The van der Waals surface area contributed by atoms with Crippen LogP contribution in [0.2, 0.25) is 0 Å². The minimum atomic E-state index is -0.960. The summed E-state index contributed by atoms with van der Waals surface area (Å²) in [7, 11) is 0. The lowest BCUT2D eigenvalue weighted by Crippen LogP contribution is -2.06. The Morgan fingerprint density at radius 1 is 1.16 bits per heavy atom. The van der Waals surface area contributed by atoms with Crippen LogP contribution in [0.5, 0.6) is 0 Å². The fourth-order valence-corrected chi connectivity index (χ4v) is 2.23. The van der Waals surface area contributed by atoms with E-state index in [1.54, 1.807) is 22.7 Å². The van der Waals surface area contributed by atoms with Gasteiger partial charge in [-0.1, -0.05) is 30.3 Å². The molecule has 4 nitrogen and oxygen atoms in total. The monoisotopic (exact) mass is 252 g/mol. The lowest BCUT2D eigenvalue weighted by atomic mass is 10.1. The van der Waals surface area contributed by atoms with E-state index in [0.717, 1.165) is 16.6 Å². The molecule has 0 amide bonds. The molecule has 0 aliphatic carbocycles. The number of rotatable bonds is 2. The molecule has 0 saturated heterocycles. The first kappa shape index (κ1) is 11.5. The number of pyridine rings is 1. The SMILES string of the molecule is Cc1ccccc1-c1ncc2cccc(C(=O)O)n12. The summed E-state index contributed by atoms with van der Waals surface area (Å²) in [6, 6.07) is 13.0. The van der Waals surface area contributed by atoms with Gasteiger partial charge in [-0.2, -0.15) is 0 Å². The maximum Gasteiger partial charge on any atom is 0.352 e. The highest BCUT2D eigenvalue weighted by Crippen LogP contribution is 2.24. The van der Waals surface area contributed by atoms with Crippen molar-refractivity contribution in [2.45, 2.75) is 6.92 Å². The minimum absolute atomic E-state index is 0.216. The Morgan fingerprint density at radius 3 is 2.68 bits per heavy atom. The van der Waals surface area contributed by atoms with Crippen molar-refractivity contribution in [2.75, 3.05) is 0 Å². The Balaban J connectivity index is 2.37. The van der Waals surface area contributed by atoms with Gasteiger partial charge in [-0.25, -0.2) is 9.78 Å². The molecule has 19 heavy (non-hydrogen) atoms. The zero-order valence-electron chi connectivity index (χ0n) is 10.4. The molecule has 0 bridgehead atoms. The second-order valence-corrected chi connectivity index (χ2v) is 4.37. The van der Waals surface area contributed by atoms with Crippen LogP contribution in [0.4, 0.5) is 0 Å². The normalized spacial score (nSPS) is 10.8. The number of hydrogen-bond acceptors (Lipinski definition) is 2. The minimum Gasteiger partial charge on any atom is -0.477 e. The number of carboxylic acid groups (broad SMARTS) is 1. The number of carbonyl (C=O) groups is 1. The molecule has 0 aliphatic rings. The summed E-state index contributed by atoms with van der Waals surface area (Å²) in [5.74, 6) is -0.301. The van der Waals surface area contributed by atoms with Crippen LogP contribution in [-0.4, -0.2) is 20.5 Å². The summed E-state index contributed by atoms with van der Waals surface area (Å²) in [5.41, 5.74) is 3.00. The largest absolute Gasteiger partial charge is 0.477 e. The van der Waals surface area contributed by atoms with Crippen LogP contribution in [0.1, 0.15) is 16.1 Å². The molecule has 1 N–H and O–H groups in total. The molecule has 2 aromatic heterocycles. The van der Waals surface area contributed by atoms with E-state index in [9.17, 15) is 9.90 Å². The van der Waals surface area contributed by atoms with Crippen LogP contribution in [0.3, 0.4) is 0 Å². The molecule has 0 radical (unpaired) electrons. The Hall–Kier alpha value is -2.62. The van der Waals surface area contributed by atoms with Crippen LogP contribution in [0.15, 0.2) is 48.7 Å². The zero-order chi connectivity index (χ0) is 13.4. The molecule has 4 heteroatoms. The molecule has 0 aliphatic heterocycles. The third-order valence-corrected chi connectivity index (χ3v) is 3.16.